The molecule has 0 aromatic carbocycles. The predicted molar refractivity (Wildman–Crippen MR) is 229 cm³/mol. The molecular formula is C45H78NO8P. The van der Waals surface area contributed by atoms with E-state index in [0.717, 1.165) is 44.9 Å². The molecule has 0 aliphatic heterocycles. The van der Waals surface area contributed by atoms with Crippen LogP contribution in [0.15, 0.2) is 72.9 Å². The maximum Gasteiger partial charge on any atom is 0.472 e. The highest BCUT2D eigenvalue weighted by atomic mass is 31.2. The SMILES string of the molecule is CCCCCCCC/C=C/C/C=C/C/C=C/CCCC(=O)OC[C@H](COP(=O)(O)OCCN)OC(=O)CCC/C=C/C/C=C/C/C=C/CCCCCCCC. The topological polar surface area (TPSA) is 134 Å². The van der Waals surface area contributed by atoms with Gasteiger partial charge in [0.05, 0.1) is 13.2 Å². The van der Waals surface area contributed by atoms with E-state index >= 15 is 0 Å². The molecule has 0 aliphatic carbocycles. The Kier molecular flexibility index (Phi) is 39.2. The smallest absolute Gasteiger partial charge is 0.462 e. The van der Waals surface area contributed by atoms with E-state index < -0.39 is 32.5 Å². The van der Waals surface area contributed by atoms with Gasteiger partial charge in [0.25, 0.3) is 0 Å². The second-order valence-electron chi connectivity index (χ2n) is 13.8. The second kappa shape index (κ2) is 41.1. The van der Waals surface area contributed by atoms with Crippen LogP contribution in [-0.2, 0) is 32.7 Å². The highest BCUT2D eigenvalue weighted by molar-refractivity contribution is 7.47. The minimum Gasteiger partial charge on any atom is -0.462 e. The molecule has 316 valence electrons. The molecule has 0 radical (unpaired) electrons. The summed E-state index contributed by atoms with van der Waals surface area (Å²) in [5.41, 5.74) is 5.34. The summed E-state index contributed by atoms with van der Waals surface area (Å²) >= 11 is 0. The highest BCUT2D eigenvalue weighted by Crippen LogP contribution is 2.43. The Morgan fingerprint density at radius 1 is 0.545 bits per heavy atom. The molecule has 0 fully saturated rings. The Labute approximate surface area is 335 Å². The van der Waals surface area contributed by atoms with E-state index in [1.54, 1.807) is 0 Å². The first-order valence-corrected chi connectivity index (χ1v) is 22.9. The Bertz CT molecular complexity index is 1130. The monoisotopic (exact) mass is 792 g/mol. The molecule has 0 bridgehead atoms. The number of hydrogen-bond donors (Lipinski definition) is 2. The summed E-state index contributed by atoms with van der Waals surface area (Å²) in [6.07, 6.45) is 49.5. The Hall–Kier alpha value is -2.55. The number of ether oxygens (including phenoxy) is 2. The van der Waals surface area contributed by atoms with Crippen molar-refractivity contribution < 1.29 is 37.6 Å². The van der Waals surface area contributed by atoms with Gasteiger partial charge in [0.2, 0.25) is 0 Å². The van der Waals surface area contributed by atoms with Crippen molar-refractivity contribution in [2.45, 2.75) is 174 Å². The number of carbonyl (C=O) groups is 2. The molecule has 55 heavy (non-hydrogen) atoms. The van der Waals surface area contributed by atoms with Crippen molar-refractivity contribution in [1.29, 1.82) is 0 Å². The van der Waals surface area contributed by atoms with Crippen LogP contribution in [-0.4, -0.2) is 49.3 Å². The Balaban J connectivity index is 4.35. The van der Waals surface area contributed by atoms with Gasteiger partial charge in [-0.1, -0.05) is 151 Å². The molecular weight excluding hydrogens is 713 g/mol. The average molecular weight is 792 g/mol. The lowest BCUT2D eigenvalue weighted by Crippen LogP contribution is -2.29. The van der Waals surface area contributed by atoms with Gasteiger partial charge in [-0.25, -0.2) is 4.57 Å². The molecule has 0 saturated carbocycles. The number of carbonyl (C=O) groups excluding carboxylic acids is 2. The van der Waals surface area contributed by atoms with Gasteiger partial charge in [0, 0.05) is 19.4 Å². The van der Waals surface area contributed by atoms with Gasteiger partial charge in [-0.15, -0.1) is 0 Å². The molecule has 0 amide bonds. The number of rotatable bonds is 39. The molecule has 10 heteroatoms. The van der Waals surface area contributed by atoms with E-state index in [1.807, 2.05) is 12.2 Å². The molecule has 2 atom stereocenters. The fraction of sp³-hybridized carbons (Fsp3) is 0.689. The van der Waals surface area contributed by atoms with Crippen LogP contribution < -0.4 is 5.73 Å². The first-order valence-electron chi connectivity index (χ1n) is 21.4. The van der Waals surface area contributed by atoms with Crippen molar-refractivity contribution in [2.75, 3.05) is 26.4 Å². The van der Waals surface area contributed by atoms with Crippen LogP contribution in [0.2, 0.25) is 0 Å². The zero-order chi connectivity index (χ0) is 40.3. The maximum absolute atomic E-state index is 12.5. The van der Waals surface area contributed by atoms with Gasteiger partial charge >= 0.3 is 19.8 Å². The molecule has 0 rings (SSSR count). The van der Waals surface area contributed by atoms with Gasteiger partial charge in [0.1, 0.15) is 6.61 Å². The largest absolute Gasteiger partial charge is 0.472 e. The summed E-state index contributed by atoms with van der Waals surface area (Å²) in [5, 5.41) is 0. The van der Waals surface area contributed by atoms with Crippen molar-refractivity contribution in [1.82, 2.24) is 0 Å². The standard InChI is InChI=1S/C45H78NO8P/c1-3-5-7-9-11-13-15-17-19-21-23-25-27-29-31-33-35-37-44(47)51-41-43(42-53-55(49,50)52-40-39-46)54-45(48)38-36-34-32-30-28-26-24-22-20-18-16-14-12-10-8-6-4-2/h17-20,23-26,29-32,43H,3-16,21-22,27-28,33-42,46H2,1-2H3,(H,49,50)/b19-17+,20-18+,25-23+,26-24+,31-29+,32-30+/t43-/m1/s1. The molecule has 0 aromatic rings. The molecule has 0 spiro atoms. The second-order valence-corrected chi connectivity index (χ2v) is 15.3. The quantitative estimate of drug-likeness (QED) is 0.0270. The molecule has 0 heterocycles. The van der Waals surface area contributed by atoms with Crippen LogP contribution in [0.4, 0.5) is 0 Å². The third kappa shape index (κ3) is 40.9. The van der Waals surface area contributed by atoms with Crippen molar-refractivity contribution >= 4 is 19.8 Å². The predicted octanol–water partition coefficient (Wildman–Crippen LogP) is 12.3. The van der Waals surface area contributed by atoms with Gasteiger partial charge in [-0.2, -0.15) is 0 Å². The zero-order valence-corrected chi connectivity index (χ0v) is 35.5. The average Bonchev–Trinajstić information content (AvgIpc) is 3.17. The fourth-order valence-electron chi connectivity index (χ4n) is 5.37. The molecule has 9 nitrogen and oxygen atoms in total. The minimum atomic E-state index is -4.40. The third-order valence-corrected chi connectivity index (χ3v) is 9.55. The van der Waals surface area contributed by atoms with Crippen LogP contribution in [0.5, 0.6) is 0 Å². The minimum absolute atomic E-state index is 0.0360. The number of unbranched alkanes of at least 4 members (excludes halogenated alkanes) is 14. The first-order chi connectivity index (χ1) is 26.8. The normalized spacial score (nSPS) is 14.0. The third-order valence-electron chi connectivity index (χ3n) is 8.56. The number of nitrogens with two attached hydrogens (primary N) is 1. The number of phosphoric acid groups is 1. The van der Waals surface area contributed by atoms with E-state index in [1.165, 1.54) is 77.0 Å². The van der Waals surface area contributed by atoms with Crippen LogP contribution in [0.1, 0.15) is 168 Å². The van der Waals surface area contributed by atoms with E-state index in [4.69, 9.17) is 24.3 Å². The molecule has 3 N–H and O–H groups in total. The number of allylic oxidation sites excluding steroid dienone is 12. The van der Waals surface area contributed by atoms with Crippen molar-refractivity contribution in [3.05, 3.63) is 72.9 Å². The lowest BCUT2D eigenvalue weighted by molar-refractivity contribution is -0.161. The van der Waals surface area contributed by atoms with Crippen molar-refractivity contribution in [3.63, 3.8) is 0 Å². The Morgan fingerprint density at radius 2 is 0.945 bits per heavy atom. The summed E-state index contributed by atoms with van der Waals surface area (Å²) in [5.74, 6) is -0.957. The molecule has 0 saturated heterocycles. The molecule has 0 aromatic heterocycles. The van der Waals surface area contributed by atoms with E-state index in [2.05, 4.69) is 74.6 Å². The van der Waals surface area contributed by atoms with Crippen LogP contribution in [0, 0.1) is 0 Å². The summed E-state index contributed by atoms with van der Waals surface area (Å²) < 4.78 is 32.6. The lowest BCUT2D eigenvalue weighted by Gasteiger charge is -2.19. The van der Waals surface area contributed by atoms with E-state index in [0.29, 0.717) is 19.3 Å². The number of esters is 2. The van der Waals surface area contributed by atoms with Crippen LogP contribution in [0.3, 0.4) is 0 Å². The van der Waals surface area contributed by atoms with Gasteiger partial charge in [0.15, 0.2) is 6.10 Å². The Morgan fingerprint density at radius 3 is 1.40 bits per heavy atom. The van der Waals surface area contributed by atoms with Gasteiger partial charge in [-0.3, -0.25) is 18.6 Å². The summed E-state index contributed by atoms with van der Waals surface area (Å²) in [6.45, 7) is 3.59. The van der Waals surface area contributed by atoms with E-state index in [-0.39, 0.29) is 32.6 Å². The van der Waals surface area contributed by atoms with E-state index in [9.17, 15) is 19.0 Å². The van der Waals surface area contributed by atoms with Crippen LogP contribution in [0.25, 0.3) is 0 Å². The summed E-state index contributed by atoms with van der Waals surface area (Å²) in [7, 11) is -4.40. The highest BCUT2D eigenvalue weighted by Gasteiger charge is 2.25. The van der Waals surface area contributed by atoms with Gasteiger partial charge in [-0.05, 0) is 77.0 Å². The molecule has 1 unspecified atom stereocenters. The first kappa shape index (κ1) is 52.5. The van der Waals surface area contributed by atoms with Crippen molar-refractivity contribution in [2.24, 2.45) is 5.73 Å². The van der Waals surface area contributed by atoms with Crippen molar-refractivity contribution in [3.8, 4) is 0 Å². The summed E-state index contributed by atoms with van der Waals surface area (Å²) in [6, 6.07) is 0. The molecule has 0 aliphatic rings. The lowest BCUT2D eigenvalue weighted by atomic mass is 10.1. The zero-order valence-electron chi connectivity index (χ0n) is 34.6. The number of hydrogen-bond acceptors (Lipinski definition) is 8. The van der Waals surface area contributed by atoms with Gasteiger partial charge < -0.3 is 20.1 Å². The fourth-order valence-corrected chi connectivity index (χ4v) is 6.14. The maximum atomic E-state index is 12.5. The number of phosphoric ester groups is 1. The summed E-state index contributed by atoms with van der Waals surface area (Å²) in [4.78, 5) is 34.8. The van der Waals surface area contributed by atoms with Crippen LogP contribution >= 0.6 is 7.82 Å².